The maximum Gasteiger partial charge on any atom is 0.0243 e. The summed E-state index contributed by atoms with van der Waals surface area (Å²) in [5.41, 5.74) is 0.630. The normalized spacial score (nSPS) is 46.0. The van der Waals surface area contributed by atoms with Gasteiger partial charge in [0.25, 0.3) is 0 Å². The fourth-order valence-corrected chi connectivity index (χ4v) is 6.76. The Morgan fingerprint density at radius 3 is 2.10 bits per heavy atom. The number of alkyl halides is 1. The highest BCUT2D eigenvalue weighted by molar-refractivity contribution is 9.09. The van der Waals surface area contributed by atoms with Crippen molar-refractivity contribution in [3.63, 3.8) is 0 Å². The highest BCUT2D eigenvalue weighted by atomic mass is 79.9. The molecule has 1 heterocycles. The summed E-state index contributed by atoms with van der Waals surface area (Å²) < 4.78 is 0. The third kappa shape index (κ3) is 3.42. The first-order valence-electron chi connectivity index (χ1n) is 8.20. The van der Waals surface area contributed by atoms with E-state index in [1.807, 2.05) is 0 Å². The van der Waals surface area contributed by atoms with Gasteiger partial charge in [-0.15, -0.1) is 34.0 Å². The first-order valence-corrected chi connectivity index (χ1v) is 9.11. The molecule has 0 amide bonds. The molecule has 0 radical (unpaired) electrons. The van der Waals surface area contributed by atoms with Crippen molar-refractivity contribution in [2.24, 2.45) is 23.2 Å². The second-order valence-electron chi connectivity index (χ2n) is 7.95. The van der Waals surface area contributed by atoms with E-state index in [1.165, 1.54) is 58.4 Å². The summed E-state index contributed by atoms with van der Waals surface area (Å²) in [4.78, 5) is 6.05. The highest BCUT2D eigenvalue weighted by Crippen LogP contribution is 2.62. The topological polar surface area (TPSA) is 6.48 Å². The van der Waals surface area contributed by atoms with E-state index in [4.69, 9.17) is 0 Å². The Kier molecular flexibility index (Phi) is 6.30. The van der Waals surface area contributed by atoms with Gasteiger partial charge in [-0.2, -0.15) is 0 Å². The van der Waals surface area contributed by atoms with Gasteiger partial charge in [-0.3, -0.25) is 0 Å². The fourth-order valence-electron chi connectivity index (χ4n) is 5.81. The Balaban J connectivity index is 0.000000807. The lowest BCUT2D eigenvalue weighted by atomic mass is 9.49. The summed E-state index contributed by atoms with van der Waals surface area (Å²) >= 11 is 4.14. The monoisotopic (exact) mass is 486 g/mol. The van der Waals surface area contributed by atoms with Crippen molar-refractivity contribution >= 4 is 49.9 Å². The Morgan fingerprint density at radius 2 is 1.52 bits per heavy atom. The van der Waals surface area contributed by atoms with Crippen LogP contribution >= 0.6 is 49.9 Å². The van der Waals surface area contributed by atoms with E-state index in [9.17, 15) is 0 Å². The first-order chi connectivity index (χ1) is 9.14. The number of hydrogen-bond donors (Lipinski definition) is 0. The summed E-state index contributed by atoms with van der Waals surface area (Å²) in [5.74, 6) is 3.14. The molecule has 4 bridgehead atoms. The summed E-state index contributed by atoms with van der Waals surface area (Å²) in [5, 5.41) is 0. The minimum absolute atomic E-state index is 0. The zero-order chi connectivity index (χ0) is 13.0. The molecule has 4 aliphatic carbocycles. The number of nitrogens with zero attached hydrogens (tertiary/aromatic N) is 2. The Morgan fingerprint density at radius 1 is 0.952 bits per heavy atom. The zero-order valence-corrected chi connectivity index (χ0v) is 18.0. The molecule has 1 aliphatic heterocycles. The quantitative estimate of drug-likeness (QED) is 0.542. The van der Waals surface area contributed by atoms with Crippen LogP contribution in [0.4, 0.5) is 0 Å². The first kappa shape index (κ1) is 18.7. The van der Waals surface area contributed by atoms with Gasteiger partial charge in [-0.1, -0.05) is 15.9 Å². The smallest absolute Gasteiger partial charge is 0.0243 e. The van der Waals surface area contributed by atoms with E-state index in [-0.39, 0.29) is 34.0 Å². The van der Waals surface area contributed by atoms with Crippen molar-refractivity contribution < 1.29 is 0 Å². The molecule has 124 valence electrons. The SMILES string of the molecule is Br.Br.CN1CCN(CC23CC4CC(CC(C4)C2Br)C3)CC1. The van der Waals surface area contributed by atoms with Crippen molar-refractivity contribution in [3.05, 3.63) is 0 Å². The van der Waals surface area contributed by atoms with Crippen LogP contribution in [-0.4, -0.2) is 54.4 Å². The average molecular weight is 489 g/mol. The van der Waals surface area contributed by atoms with Crippen LogP contribution in [-0.2, 0) is 0 Å². The van der Waals surface area contributed by atoms with Crippen LogP contribution in [0.1, 0.15) is 32.1 Å². The zero-order valence-electron chi connectivity index (χ0n) is 13.0. The van der Waals surface area contributed by atoms with Crippen LogP contribution in [0, 0.1) is 23.2 Å². The lowest BCUT2D eigenvalue weighted by Gasteiger charge is -2.61. The molecule has 21 heavy (non-hydrogen) atoms. The number of hydrogen-bond acceptors (Lipinski definition) is 2. The molecule has 5 fully saturated rings. The molecule has 3 unspecified atom stereocenters. The van der Waals surface area contributed by atoms with E-state index in [1.54, 1.807) is 6.42 Å². The second kappa shape index (κ2) is 7.08. The molecule has 5 rings (SSSR count). The number of likely N-dealkylation sites (N-methyl/N-ethyl adjacent to an activating group) is 1. The van der Waals surface area contributed by atoms with Gasteiger partial charge in [0.1, 0.15) is 0 Å². The van der Waals surface area contributed by atoms with E-state index >= 15 is 0 Å². The Labute approximate surface area is 159 Å². The molecule has 4 saturated carbocycles. The van der Waals surface area contributed by atoms with E-state index in [0.717, 1.165) is 22.6 Å². The summed E-state index contributed by atoms with van der Waals surface area (Å²) in [6, 6.07) is 0. The maximum absolute atomic E-state index is 4.14. The standard InChI is InChI=1S/C16H27BrN2.2BrH/c1-18-2-4-19(5-3-18)11-16-9-12-6-13(10-16)8-14(7-12)15(16)17;;/h12-15H,2-11H2,1H3;2*1H. The summed E-state index contributed by atoms with van der Waals surface area (Å²) in [6.45, 7) is 6.48. The van der Waals surface area contributed by atoms with Crippen molar-refractivity contribution in [3.8, 4) is 0 Å². The third-order valence-electron chi connectivity index (χ3n) is 6.46. The number of rotatable bonds is 2. The molecule has 0 aromatic rings. The van der Waals surface area contributed by atoms with Gasteiger partial charge in [0.15, 0.2) is 0 Å². The molecule has 5 aliphatic rings. The van der Waals surface area contributed by atoms with Crippen LogP contribution in [0.2, 0.25) is 0 Å². The van der Waals surface area contributed by atoms with Gasteiger partial charge >= 0.3 is 0 Å². The maximum atomic E-state index is 4.14. The predicted octanol–water partition coefficient (Wildman–Crippen LogP) is 3.98. The molecule has 0 spiro atoms. The van der Waals surface area contributed by atoms with Crippen LogP contribution < -0.4 is 0 Å². The minimum atomic E-state index is 0. The van der Waals surface area contributed by atoms with Crippen molar-refractivity contribution in [1.82, 2.24) is 9.80 Å². The van der Waals surface area contributed by atoms with Gasteiger partial charge in [0.2, 0.25) is 0 Å². The second-order valence-corrected chi connectivity index (χ2v) is 8.94. The van der Waals surface area contributed by atoms with E-state index < -0.39 is 0 Å². The van der Waals surface area contributed by atoms with Crippen LogP contribution in [0.3, 0.4) is 0 Å². The average Bonchev–Trinajstić information content (AvgIpc) is 2.38. The van der Waals surface area contributed by atoms with Crippen LogP contribution in [0.25, 0.3) is 0 Å². The van der Waals surface area contributed by atoms with Crippen LogP contribution in [0.15, 0.2) is 0 Å². The lowest BCUT2D eigenvalue weighted by Crippen LogP contribution is -2.59. The Hall–Kier alpha value is 1.36. The lowest BCUT2D eigenvalue weighted by molar-refractivity contribution is -0.0641. The molecule has 2 nitrogen and oxygen atoms in total. The van der Waals surface area contributed by atoms with Crippen LogP contribution in [0.5, 0.6) is 0 Å². The summed E-state index contributed by atoms with van der Waals surface area (Å²) in [7, 11) is 2.26. The molecular formula is C16H29Br3N2. The van der Waals surface area contributed by atoms with Gasteiger partial charge in [-0.25, -0.2) is 0 Å². The third-order valence-corrected chi connectivity index (χ3v) is 8.18. The number of piperazine rings is 1. The van der Waals surface area contributed by atoms with Gasteiger partial charge in [0, 0.05) is 37.6 Å². The van der Waals surface area contributed by atoms with Gasteiger partial charge < -0.3 is 9.80 Å². The molecule has 1 saturated heterocycles. The van der Waals surface area contributed by atoms with Crippen molar-refractivity contribution in [2.75, 3.05) is 39.8 Å². The van der Waals surface area contributed by atoms with Crippen molar-refractivity contribution in [2.45, 2.75) is 36.9 Å². The largest absolute Gasteiger partial charge is 0.304 e. The van der Waals surface area contributed by atoms with Gasteiger partial charge in [-0.05, 0) is 62.3 Å². The molecular weight excluding hydrogens is 460 g/mol. The highest BCUT2D eigenvalue weighted by Gasteiger charge is 2.56. The number of halogens is 3. The molecule has 0 aromatic carbocycles. The summed E-state index contributed by atoms with van der Waals surface area (Å²) in [6.07, 6.45) is 7.64. The molecule has 5 heteroatoms. The predicted molar refractivity (Wildman–Crippen MR) is 103 cm³/mol. The fraction of sp³-hybridized carbons (Fsp3) is 1.00. The van der Waals surface area contributed by atoms with E-state index in [0.29, 0.717) is 5.41 Å². The van der Waals surface area contributed by atoms with Gasteiger partial charge in [0.05, 0.1) is 0 Å². The van der Waals surface area contributed by atoms with E-state index in [2.05, 4.69) is 32.8 Å². The van der Waals surface area contributed by atoms with Crippen molar-refractivity contribution in [1.29, 1.82) is 0 Å². The molecule has 0 aromatic heterocycles. The Bertz CT molecular complexity index is 343. The molecule has 3 atom stereocenters. The minimum Gasteiger partial charge on any atom is -0.304 e. The molecule has 0 N–H and O–H groups in total.